The van der Waals surface area contributed by atoms with Crippen molar-refractivity contribution in [3.05, 3.63) is 101 Å². The molecule has 3 aromatic rings. The molecule has 41 heavy (non-hydrogen) atoms. The summed E-state index contributed by atoms with van der Waals surface area (Å²) in [5.74, 6) is -1.89. The van der Waals surface area contributed by atoms with Crippen LogP contribution in [0.3, 0.4) is 0 Å². The van der Waals surface area contributed by atoms with E-state index in [-0.39, 0.29) is 23.8 Å². The molecule has 1 saturated heterocycles. The average Bonchev–Trinajstić information content (AvgIpc) is 2.97. The number of hydrogen-bond donors (Lipinski definition) is 0. The lowest BCUT2D eigenvalue weighted by molar-refractivity contribution is -0.200. The normalized spacial score (nSPS) is 14.4. The first-order valence-electron chi connectivity index (χ1n) is 13.6. The number of rotatable bonds is 9. The van der Waals surface area contributed by atoms with Gasteiger partial charge in [0.1, 0.15) is 5.69 Å². The van der Waals surface area contributed by atoms with Crippen LogP contribution in [0.25, 0.3) is 0 Å². The number of carbonyl (C=O) groups excluding carboxylic acids is 2. The Hall–Kier alpha value is -3.56. The van der Waals surface area contributed by atoms with E-state index in [0.29, 0.717) is 17.4 Å². The SMILES string of the molecule is O=C(N(CCCN1CCC(Cc2ccccc2)CC1)Cc1ccccc1)N(OC(=O)C(F)(F)F)c1ccccc1Cl. The van der Waals surface area contributed by atoms with Crippen molar-refractivity contribution in [3.63, 3.8) is 0 Å². The second-order valence-electron chi connectivity index (χ2n) is 10.1. The van der Waals surface area contributed by atoms with Gasteiger partial charge in [0, 0.05) is 13.1 Å². The van der Waals surface area contributed by atoms with E-state index in [1.165, 1.54) is 28.7 Å². The Morgan fingerprint density at radius 2 is 1.46 bits per heavy atom. The van der Waals surface area contributed by atoms with Gasteiger partial charge in [0.15, 0.2) is 0 Å². The van der Waals surface area contributed by atoms with Crippen LogP contribution in [0.5, 0.6) is 0 Å². The maximum Gasteiger partial charge on any atom is 0.493 e. The molecule has 0 aromatic heterocycles. The van der Waals surface area contributed by atoms with Gasteiger partial charge in [-0.1, -0.05) is 84.4 Å². The van der Waals surface area contributed by atoms with Gasteiger partial charge in [-0.3, -0.25) is 0 Å². The van der Waals surface area contributed by atoms with Crippen LogP contribution in [0.4, 0.5) is 23.7 Å². The average molecular weight is 588 g/mol. The van der Waals surface area contributed by atoms with Crippen LogP contribution in [-0.2, 0) is 22.6 Å². The number of anilines is 1. The maximum absolute atomic E-state index is 13.7. The van der Waals surface area contributed by atoms with Crippen molar-refractivity contribution in [1.82, 2.24) is 9.80 Å². The number of piperidine rings is 1. The van der Waals surface area contributed by atoms with E-state index in [4.69, 9.17) is 11.6 Å². The van der Waals surface area contributed by atoms with Crippen LogP contribution in [-0.4, -0.2) is 54.2 Å². The molecule has 0 aliphatic carbocycles. The first-order chi connectivity index (χ1) is 19.7. The van der Waals surface area contributed by atoms with E-state index >= 15 is 0 Å². The summed E-state index contributed by atoms with van der Waals surface area (Å²) in [4.78, 5) is 33.8. The molecule has 1 aliphatic rings. The van der Waals surface area contributed by atoms with E-state index < -0.39 is 18.2 Å². The Morgan fingerprint density at radius 3 is 2.07 bits per heavy atom. The van der Waals surface area contributed by atoms with Crippen LogP contribution < -0.4 is 5.06 Å². The quantitative estimate of drug-likeness (QED) is 0.250. The molecule has 10 heteroatoms. The lowest BCUT2D eigenvalue weighted by Gasteiger charge is -2.33. The molecule has 1 heterocycles. The molecule has 0 saturated carbocycles. The van der Waals surface area contributed by atoms with Crippen LogP contribution in [0.1, 0.15) is 30.4 Å². The number of likely N-dealkylation sites (tertiary alicyclic amines) is 1. The molecule has 3 aromatic carbocycles. The summed E-state index contributed by atoms with van der Waals surface area (Å²) in [7, 11) is 0. The predicted molar refractivity (Wildman–Crippen MR) is 152 cm³/mol. The molecular formula is C31H33ClF3N3O3. The third-order valence-corrected chi connectivity index (χ3v) is 7.43. The minimum Gasteiger partial charge on any atom is -0.323 e. The first kappa shape index (κ1) is 30.4. The molecule has 2 amide bonds. The van der Waals surface area contributed by atoms with E-state index in [2.05, 4.69) is 34.0 Å². The predicted octanol–water partition coefficient (Wildman–Crippen LogP) is 7.13. The van der Waals surface area contributed by atoms with Crippen LogP contribution in [0, 0.1) is 5.92 Å². The minimum absolute atomic E-state index is 0.0335. The Balaban J connectivity index is 1.43. The largest absolute Gasteiger partial charge is 0.493 e. The summed E-state index contributed by atoms with van der Waals surface area (Å²) in [6.07, 6.45) is -1.49. The van der Waals surface area contributed by atoms with E-state index in [9.17, 15) is 22.8 Å². The van der Waals surface area contributed by atoms with E-state index in [0.717, 1.165) is 44.5 Å². The van der Waals surface area contributed by atoms with Gasteiger partial charge < -0.3 is 14.6 Å². The van der Waals surface area contributed by atoms with Gasteiger partial charge in [-0.15, -0.1) is 5.06 Å². The number of para-hydroxylation sites is 1. The monoisotopic (exact) mass is 587 g/mol. The van der Waals surface area contributed by atoms with Gasteiger partial charge in [0.05, 0.1) is 5.02 Å². The van der Waals surface area contributed by atoms with Crippen molar-refractivity contribution >= 4 is 29.3 Å². The molecule has 218 valence electrons. The van der Waals surface area contributed by atoms with E-state index in [1.807, 2.05) is 36.4 Å². The highest BCUT2D eigenvalue weighted by molar-refractivity contribution is 6.33. The maximum atomic E-state index is 13.7. The number of benzene rings is 3. The van der Waals surface area contributed by atoms with Gasteiger partial charge in [-0.25, -0.2) is 9.59 Å². The minimum atomic E-state index is -5.29. The van der Waals surface area contributed by atoms with Gasteiger partial charge in [-0.2, -0.15) is 13.2 Å². The number of carbonyl (C=O) groups is 2. The number of hydroxylamine groups is 1. The molecule has 6 nitrogen and oxygen atoms in total. The number of urea groups is 1. The number of amides is 2. The molecule has 0 radical (unpaired) electrons. The van der Waals surface area contributed by atoms with Gasteiger partial charge in [0.2, 0.25) is 0 Å². The van der Waals surface area contributed by atoms with Crippen molar-refractivity contribution in [2.24, 2.45) is 5.92 Å². The number of nitrogens with zero attached hydrogens (tertiary/aromatic N) is 3. The third kappa shape index (κ3) is 8.96. The van der Waals surface area contributed by atoms with Crippen molar-refractivity contribution in [2.45, 2.75) is 38.4 Å². The zero-order valence-corrected chi connectivity index (χ0v) is 23.4. The molecular weight excluding hydrogens is 555 g/mol. The molecule has 1 aliphatic heterocycles. The summed E-state index contributed by atoms with van der Waals surface area (Å²) in [6, 6.07) is 24.4. The summed E-state index contributed by atoms with van der Waals surface area (Å²) in [5.41, 5.74) is 1.97. The first-order valence-corrected chi connectivity index (χ1v) is 14.0. The third-order valence-electron chi connectivity index (χ3n) is 7.11. The molecule has 0 N–H and O–H groups in total. The summed E-state index contributed by atoms with van der Waals surface area (Å²) in [6.45, 7) is 2.97. The zero-order chi connectivity index (χ0) is 29.2. The fourth-order valence-electron chi connectivity index (χ4n) is 4.96. The Morgan fingerprint density at radius 1 is 0.878 bits per heavy atom. The molecule has 0 unspecified atom stereocenters. The lowest BCUT2D eigenvalue weighted by atomic mass is 9.90. The molecule has 0 atom stereocenters. The van der Waals surface area contributed by atoms with Crippen molar-refractivity contribution in [3.8, 4) is 0 Å². The standard InChI is InChI=1S/C31H33ClF3N3O3/c32-27-14-7-8-15-28(27)38(41-29(39)31(33,34)35)30(40)37(23-26-12-5-2-6-13-26)19-9-18-36-20-16-25(17-21-36)22-24-10-3-1-4-11-24/h1-8,10-15,25H,9,16-23H2. The van der Waals surface area contributed by atoms with Crippen molar-refractivity contribution in [1.29, 1.82) is 0 Å². The van der Waals surface area contributed by atoms with Gasteiger partial charge in [0.25, 0.3) is 0 Å². The smallest absolute Gasteiger partial charge is 0.323 e. The fourth-order valence-corrected chi connectivity index (χ4v) is 5.18. The highest BCUT2D eigenvalue weighted by atomic mass is 35.5. The summed E-state index contributed by atoms with van der Waals surface area (Å²) < 4.78 is 39.4. The highest BCUT2D eigenvalue weighted by Crippen LogP contribution is 2.29. The number of halogens is 4. The number of alkyl halides is 3. The second-order valence-corrected chi connectivity index (χ2v) is 10.5. The Labute approximate surface area is 243 Å². The molecule has 4 rings (SSSR count). The van der Waals surface area contributed by atoms with Crippen molar-refractivity contribution in [2.75, 3.05) is 31.2 Å². The summed E-state index contributed by atoms with van der Waals surface area (Å²) >= 11 is 6.20. The van der Waals surface area contributed by atoms with Crippen molar-refractivity contribution < 1.29 is 27.6 Å². The molecule has 0 spiro atoms. The number of hydrogen-bond acceptors (Lipinski definition) is 4. The highest BCUT2D eigenvalue weighted by Gasteiger charge is 2.44. The van der Waals surface area contributed by atoms with Crippen LogP contribution >= 0.6 is 11.6 Å². The fraction of sp³-hybridized carbons (Fsp3) is 0.355. The van der Waals surface area contributed by atoms with E-state index in [1.54, 1.807) is 6.07 Å². The zero-order valence-electron chi connectivity index (χ0n) is 22.6. The lowest BCUT2D eigenvalue weighted by Crippen LogP contribution is -2.47. The molecule has 1 fully saturated rings. The second kappa shape index (κ2) is 14.4. The molecule has 0 bridgehead atoms. The van der Waals surface area contributed by atoms with Gasteiger partial charge in [-0.05, 0) is 74.5 Å². The topological polar surface area (TPSA) is 53.1 Å². The Kier molecular flexibility index (Phi) is 10.7. The van der Waals surface area contributed by atoms with Crippen LogP contribution in [0.15, 0.2) is 84.9 Å². The summed E-state index contributed by atoms with van der Waals surface area (Å²) in [5, 5.41) is 0.310. The van der Waals surface area contributed by atoms with Gasteiger partial charge >= 0.3 is 18.2 Å². The van der Waals surface area contributed by atoms with Crippen LogP contribution in [0.2, 0.25) is 5.02 Å². The Bertz CT molecular complexity index is 1270.